The molecule has 0 saturated heterocycles. The van der Waals surface area contributed by atoms with E-state index in [4.69, 9.17) is 11.5 Å². The summed E-state index contributed by atoms with van der Waals surface area (Å²) in [5.41, 5.74) is 17.0. The standard InChI is InChI=1S/C25H31N5OS.C2H6/c1-17-9-6-4-5-7-10-22(17)32-19(3)21-16-20(15-18(2)24(21)26)30(13-8-14-31)23-11-12-28-25(27)29-23;1-2/h5-7,9,11-12,15-16,31H,3-4,8,10,13-14,26H2,1-2H3,(H2,27,28,29);1-2H3/b7-5-,9-6?,22-17+;. The van der Waals surface area contributed by atoms with E-state index in [9.17, 15) is 5.11 Å². The predicted octanol–water partition coefficient (Wildman–Crippen LogP) is 6.38. The molecule has 1 aliphatic rings. The lowest BCUT2D eigenvalue weighted by molar-refractivity contribution is 0.290. The molecule has 2 aromatic rings. The normalized spacial score (nSPS) is 16.1. The van der Waals surface area contributed by atoms with Crippen LogP contribution in [0.1, 0.15) is 51.2 Å². The van der Waals surface area contributed by atoms with Gasteiger partial charge >= 0.3 is 0 Å². The first-order valence-corrected chi connectivity index (χ1v) is 12.5. The number of hydrogen-bond acceptors (Lipinski definition) is 7. The quantitative estimate of drug-likeness (QED) is 0.298. The predicted molar refractivity (Wildman–Crippen MR) is 149 cm³/mol. The fourth-order valence-corrected chi connectivity index (χ4v) is 4.46. The van der Waals surface area contributed by atoms with Crippen LogP contribution < -0.4 is 16.4 Å². The van der Waals surface area contributed by atoms with Gasteiger partial charge in [-0.2, -0.15) is 4.98 Å². The molecule has 0 spiro atoms. The van der Waals surface area contributed by atoms with Crippen LogP contribution in [0.25, 0.3) is 4.91 Å². The monoisotopic (exact) mass is 479 g/mol. The molecule has 1 aromatic heterocycles. The Morgan fingerprint density at radius 2 is 1.94 bits per heavy atom. The molecule has 1 aromatic carbocycles. The fraction of sp³-hybridized carbons (Fsp3) is 0.333. The molecule has 1 aliphatic carbocycles. The van der Waals surface area contributed by atoms with Crippen molar-refractivity contribution in [3.8, 4) is 0 Å². The van der Waals surface area contributed by atoms with Crippen LogP contribution in [0.15, 0.2) is 65.8 Å². The lowest BCUT2D eigenvalue weighted by Gasteiger charge is -2.26. The average Bonchev–Trinajstić information content (AvgIpc) is 2.82. The second kappa shape index (κ2) is 13.6. The minimum absolute atomic E-state index is 0.0783. The van der Waals surface area contributed by atoms with Gasteiger partial charge in [0.25, 0.3) is 0 Å². The molecule has 0 saturated carbocycles. The van der Waals surface area contributed by atoms with Crippen LogP contribution in [-0.4, -0.2) is 28.2 Å². The molecule has 5 N–H and O–H groups in total. The van der Waals surface area contributed by atoms with Gasteiger partial charge in [0.05, 0.1) is 0 Å². The highest BCUT2D eigenvalue weighted by molar-refractivity contribution is 8.11. The van der Waals surface area contributed by atoms with Gasteiger partial charge < -0.3 is 21.5 Å². The molecule has 0 aliphatic heterocycles. The summed E-state index contributed by atoms with van der Waals surface area (Å²) in [6.07, 6.45) is 12.8. The van der Waals surface area contributed by atoms with Gasteiger partial charge in [-0.05, 0) is 67.4 Å². The Kier molecular flexibility index (Phi) is 10.9. The van der Waals surface area contributed by atoms with E-state index in [1.165, 1.54) is 10.5 Å². The van der Waals surface area contributed by atoms with E-state index < -0.39 is 0 Å². The lowest BCUT2D eigenvalue weighted by atomic mass is 10.1. The number of aliphatic hydroxyl groups excluding tert-OH is 1. The summed E-state index contributed by atoms with van der Waals surface area (Å²) in [6, 6.07) is 5.88. The summed E-state index contributed by atoms with van der Waals surface area (Å²) < 4.78 is 0. The number of aryl methyl sites for hydroxylation is 1. The van der Waals surface area contributed by atoms with Crippen molar-refractivity contribution in [2.24, 2.45) is 0 Å². The Hall–Kier alpha value is -3.03. The SMILES string of the molecule is C=C(S/C1=C(\C)C=CC/C=C\C1)c1cc(N(CCCO)c2ccnc(N)n2)cc(C)c1N.CC. The van der Waals surface area contributed by atoms with Crippen molar-refractivity contribution in [1.29, 1.82) is 0 Å². The number of nitrogens with two attached hydrogens (primary N) is 2. The van der Waals surface area contributed by atoms with Gasteiger partial charge in [0, 0.05) is 41.2 Å². The summed E-state index contributed by atoms with van der Waals surface area (Å²) in [5.74, 6) is 0.879. The van der Waals surface area contributed by atoms with Crippen LogP contribution in [0.4, 0.5) is 23.1 Å². The minimum atomic E-state index is 0.0783. The summed E-state index contributed by atoms with van der Waals surface area (Å²) in [7, 11) is 0. The smallest absolute Gasteiger partial charge is 0.221 e. The molecule has 182 valence electrons. The number of anilines is 4. The molecule has 0 unspecified atom stereocenters. The van der Waals surface area contributed by atoms with Gasteiger partial charge in [0.1, 0.15) is 5.82 Å². The van der Waals surface area contributed by atoms with Gasteiger partial charge in [-0.15, -0.1) is 0 Å². The zero-order chi connectivity index (χ0) is 25.1. The van der Waals surface area contributed by atoms with Crippen molar-refractivity contribution >= 4 is 39.8 Å². The van der Waals surface area contributed by atoms with Crippen molar-refractivity contribution in [2.75, 3.05) is 29.5 Å². The van der Waals surface area contributed by atoms with Gasteiger partial charge in [-0.25, -0.2) is 4.98 Å². The molecule has 1 heterocycles. The van der Waals surface area contributed by atoms with Crippen LogP contribution in [0.3, 0.4) is 0 Å². The molecule has 0 atom stereocenters. The van der Waals surface area contributed by atoms with E-state index in [1.807, 2.05) is 43.9 Å². The fourth-order valence-electron chi connectivity index (χ4n) is 3.47. The second-order valence-electron chi connectivity index (χ2n) is 7.67. The number of aromatic nitrogens is 2. The maximum absolute atomic E-state index is 9.42. The molecule has 6 nitrogen and oxygen atoms in total. The average molecular weight is 480 g/mol. The Bertz CT molecular complexity index is 1070. The number of aliphatic hydroxyl groups is 1. The van der Waals surface area contributed by atoms with Gasteiger partial charge in [0.2, 0.25) is 5.95 Å². The van der Waals surface area contributed by atoms with E-state index in [1.54, 1.807) is 18.0 Å². The van der Waals surface area contributed by atoms with Gasteiger partial charge in [0.15, 0.2) is 0 Å². The number of nitrogens with zero attached hydrogens (tertiary/aromatic N) is 3. The zero-order valence-electron chi connectivity index (χ0n) is 20.7. The van der Waals surface area contributed by atoms with Crippen molar-refractivity contribution < 1.29 is 5.11 Å². The number of rotatable bonds is 8. The Morgan fingerprint density at radius 1 is 1.18 bits per heavy atom. The number of allylic oxidation sites excluding steroid dienone is 6. The Morgan fingerprint density at radius 3 is 2.65 bits per heavy atom. The van der Waals surface area contributed by atoms with E-state index >= 15 is 0 Å². The highest BCUT2D eigenvalue weighted by Gasteiger charge is 2.17. The summed E-state index contributed by atoms with van der Waals surface area (Å²) in [6.45, 7) is 13.1. The topological polar surface area (TPSA) is 101 Å². The number of hydrogen-bond donors (Lipinski definition) is 3. The third-order valence-corrected chi connectivity index (χ3v) is 6.46. The van der Waals surface area contributed by atoms with Gasteiger partial charge in [-0.3, -0.25) is 0 Å². The highest BCUT2D eigenvalue weighted by Crippen LogP contribution is 2.41. The maximum atomic E-state index is 9.42. The number of benzene rings is 1. The molecule has 0 bridgehead atoms. The summed E-state index contributed by atoms with van der Waals surface area (Å²) >= 11 is 1.66. The van der Waals surface area contributed by atoms with Crippen molar-refractivity contribution in [2.45, 2.75) is 47.0 Å². The van der Waals surface area contributed by atoms with Gasteiger partial charge in [-0.1, -0.05) is 56.5 Å². The minimum Gasteiger partial charge on any atom is -0.398 e. The maximum Gasteiger partial charge on any atom is 0.221 e. The number of nitrogen functional groups attached to an aromatic ring is 2. The zero-order valence-corrected chi connectivity index (χ0v) is 21.5. The van der Waals surface area contributed by atoms with Crippen LogP contribution in [0.2, 0.25) is 0 Å². The van der Waals surface area contributed by atoms with Crippen LogP contribution in [-0.2, 0) is 0 Å². The van der Waals surface area contributed by atoms with Crippen molar-refractivity contribution in [3.63, 3.8) is 0 Å². The molecule has 7 heteroatoms. The molecule has 0 fully saturated rings. The molecular weight excluding hydrogens is 442 g/mol. The third-order valence-electron chi connectivity index (χ3n) is 5.26. The second-order valence-corrected chi connectivity index (χ2v) is 8.86. The summed E-state index contributed by atoms with van der Waals surface area (Å²) in [4.78, 5) is 12.6. The largest absolute Gasteiger partial charge is 0.398 e. The van der Waals surface area contributed by atoms with Crippen molar-refractivity contribution in [1.82, 2.24) is 9.97 Å². The first-order valence-electron chi connectivity index (χ1n) is 11.7. The lowest BCUT2D eigenvalue weighted by Crippen LogP contribution is -2.21. The van der Waals surface area contributed by atoms with E-state index in [-0.39, 0.29) is 12.6 Å². The Balaban J connectivity index is 0.00000199. The molecule has 3 rings (SSSR count). The van der Waals surface area contributed by atoms with E-state index in [0.29, 0.717) is 24.5 Å². The van der Waals surface area contributed by atoms with E-state index in [2.05, 4.69) is 47.8 Å². The van der Waals surface area contributed by atoms with Crippen LogP contribution >= 0.6 is 11.8 Å². The number of thioether (sulfide) groups is 1. The van der Waals surface area contributed by atoms with Crippen molar-refractivity contribution in [3.05, 3.63) is 76.9 Å². The Labute approximate surface area is 208 Å². The van der Waals surface area contributed by atoms with Crippen LogP contribution in [0, 0.1) is 6.92 Å². The first-order chi connectivity index (χ1) is 16.4. The molecular formula is C27H37N5OS. The first kappa shape index (κ1) is 27.2. The van der Waals surface area contributed by atoms with E-state index in [0.717, 1.165) is 34.6 Å². The molecule has 34 heavy (non-hydrogen) atoms. The molecule has 0 amide bonds. The van der Waals surface area contributed by atoms with Crippen LogP contribution in [0.5, 0.6) is 0 Å². The summed E-state index contributed by atoms with van der Waals surface area (Å²) in [5, 5.41) is 9.42. The third kappa shape index (κ3) is 7.23. The molecule has 0 radical (unpaired) electrons. The highest BCUT2D eigenvalue weighted by atomic mass is 32.2.